The van der Waals surface area contributed by atoms with Crippen molar-refractivity contribution in [1.82, 2.24) is 25.0 Å². The maximum atomic E-state index is 12.0. The van der Waals surface area contributed by atoms with Gasteiger partial charge in [0.25, 0.3) is 5.91 Å². The highest BCUT2D eigenvalue weighted by atomic mass is 32.2. The number of hydrogen-bond donors (Lipinski definition) is 1. The number of amides is 1. The molecule has 1 aromatic carbocycles. The van der Waals surface area contributed by atoms with Gasteiger partial charge in [-0.05, 0) is 30.0 Å². The summed E-state index contributed by atoms with van der Waals surface area (Å²) in [7, 11) is 0. The molecule has 1 aliphatic rings. The van der Waals surface area contributed by atoms with Gasteiger partial charge in [-0.15, -0.1) is 22.0 Å². The highest BCUT2D eigenvalue weighted by Crippen LogP contribution is 2.17. The van der Waals surface area contributed by atoms with Crippen LogP contribution in [0.1, 0.15) is 27.6 Å². The molecule has 0 saturated heterocycles. The number of rotatable bonds is 7. The molecule has 1 N–H and O–H groups in total. The third kappa shape index (κ3) is 4.89. The van der Waals surface area contributed by atoms with Crippen molar-refractivity contribution in [3.8, 4) is 0 Å². The first-order valence-electron chi connectivity index (χ1n) is 9.79. The maximum Gasteiger partial charge on any atom is 0.254 e. The number of nitrogens with one attached hydrogen (secondary N) is 1. The molecular weight excluding hydrogens is 386 g/mol. The minimum atomic E-state index is -0.131. The second-order valence-corrected chi connectivity index (χ2v) is 7.96. The van der Waals surface area contributed by atoms with E-state index in [1.54, 1.807) is 17.8 Å². The molecule has 1 amide bonds. The van der Waals surface area contributed by atoms with Crippen molar-refractivity contribution in [3.05, 3.63) is 65.6 Å². The minimum Gasteiger partial charge on any atom is -0.472 e. The number of aromatic nitrogens is 3. The molecule has 29 heavy (non-hydrogen) atoms. The van der Waals surface area contributed by atoms with Crippen molar-refractivity contribution in [1.29, 1.82) is 0 Å². The first-order chi connectivity index (χ1) is 14.2. The number of fused-ring (bicyclic) bond motifs is 1. The number of carbonyl (C=O) groups excluding carboxylic acids is 1. The third-order valence-electron chi connectivity index (χ3n) is 5.18. The summed E-state index contributed by atoms with van der Waals surface area (Å²) in [5.41, 5.74) is 1.87. The van der Waals surface area contributed by atoms with Crippen LogP contribution in [0.15, 0.2) is 52.2 Å². The summed E-state index contributed by atoms with van der Waals surface area (Å²) in [6, 6.07) is 10.4. The van der Waals surface area contributed by atoms with Crippen LogP contribution < -0.4 is 5.32 Å². The van der Waals surface area contributed by atoms with E-state index in [1.165, 1.54) is 23.0 Å². The van der Waals surface area contributed by atoms with Gasteiger partial charge in [-0.25, -0.2) is 0 Å². The third-order valence-corrected chi connectivity index (χ3v) is 5.92. The van der Waals surface area contributed by atoms with Gasteiger partial charge < -0.3 is 14.3 Å². The molecule has 0 atom stereocenters. The van der Waals surface area contributed by atoms with Gasteiger partial charge >= 0.3 is 0 Å². The zero-order chi connectivity index (χ0) is 20.1. The van der Waals surface area contributed by atoms with Crippen LogP contribution in [0.25, 0.3) is 0 Å². The molecule has 0 aliphatic carbocycles. The lowest BCUT2D eigenvalue weighted by atomic mass is 10.2. The van der Waals surface area contributed by atoms with E-state index < -0.39 is 0 Å². The van der Waals surface area contributed by atoms with Gasteiger partial charge in [0.1, 0.15) is 17.9 Å². The lowest BCUT2D eigenvalue weighted by molar-refractivity contribution is 0.0953. The Labute approximate surface area is 174 Å². The van der Waals surface area contributed by atoms with Crippen molar-refractivity contribution < 1.29 is 9.21 Å². The first kappa shape index (κ1) is 19.7. The second-order valence-electron chi connectivity index (χ2n) is 7.08. The fourth-order valence-electron chi connectivity index (χ4n) is 3.54. The number of furan rings is 1. The minimum absolute atomic E-state index is 0.131. The van der Waals surface area contributed by atoms with E-state index in [2.05, 4.69) is 55.5 Å². The standard InChI is InChI=1S/C21H25N5O2S/c1-29-18-4-2-16(3-5-18)14-25-10-7-20-24-23-19(26(20)12-11-25)6-9-22-21(27)17-8-13-28-15-17/h2-5,8,13,15H,6-7,9-12,14H2,1H3,(H,22,27). The van der Waals surface area contributed by atoms with Crippen LogP contribution in [0.4, 0.5) is 0 Å². The predicted octanol–water partition coefficient (Wildman–Crippen LogP) is 2.62. The molecule has 1 aliphatic heterocycles. The fraction of sp³-hybridized carbons (Fsp3) is 0.381. The SMILES string of the molecule is CSc1ccc(CN2CCc3nnc(CCNC(=O)c4ccoc4)n3CC2)cc1. The summed E-state index contributed by atoms with van der Waals surface area (Å²) in [4.78, 5) is 15.8. The molecule has 0 fully saturated rings. The molecule has 0 saturated carbocycles. The normalized spacial score (nSPS) is 14.4. The Hall–Kier alpha value is -2.58. The van der Waals surface area contributed by atoms with E-state index in [9.17, 15) is 4.79 Å². The highest BCUT2D eigenvalue weighted by molar-refractivity contribution is 7.98. The van der Waals surface area contributed by atoms with E-state index in [1.807, 2.05) is 0 Å². The Morgan fingerprint density at radius 2 is 2.03 bits per heavy atom. The van der Waals surface area contributed by atoms with Crippen molar-refractivity contribution in [2.45, 2.75) is 30.8 Å². The van der Waals surface area contributed by atoms with E-state index in [-0.39, 0.29) is 5.91 Å². The summed E-state index contributed by atoms with van der Waals surface area (Å²) in [6.07, 6.45) is 6.58. The van der Waals surface area contributed by atoms with Crippen molar-refractivity contribution in [2.75, 3.05) is 25.9 Å². The highest BCUT2D eigenvalue weighted by Gasteiger charge is 2.19. The summed E-state index contributed by atoms with van der Waals surface area (Å²) in [6.45, 7) is 4.27. The quantitative estimate of drug-likeness (QED) is 0.603. The molecule has 152 valence electrons. The summed E-state index contributed by atoms with van der Waals surface area (Å²) in [5, 5.41) is 11.6. The molecule has 0 bridgehead atoms. The zero-order valence-corrected chi connectivity index (χ0v) is 17.3. The Morgan fingerprint density at radius 1 is 1.17 bits per heavy atom. The number of nitrogens with zero attached hydrogens (tertiary/aromatic N) is 4. The van der Waals surface area contributed by atoms with E-state index >= 15 is 0 Å². The molecule has 0 radical (unpaired) electrons. The average Bonchev–Trinajstić information content (AvgIpc) is 3.37. The van der Waals surface area contributed by atoms with Crippen molar-refractivity contribution >= 4 is 17.7 Å². The van der Waals surface area contributed by atoms with Crippen molar-refractivity contribution in [2.24, 2.45) is 0 Å². The number of thioether (sulfide) groups is 1. The maximum absolute atomic E-state index is 12.0. The van der Waals surface area contributed by atoms with Gasteiger partial charge in [-0.3, -0.25) is 9.69 Å². The molecule has 0 spiro atoms. The van der Waals surface area contributed by atoms with Gasteiger partial charge in [0.15, 0.2) is 0 Å². The smallest absolute Gasteiger partial charge is 0.254 e. The molecule has 2 aromatic heterocycles. The average molecular weight is 412 g/mol. The van der Waals surface area contributed by atoms with Crippen molar-refractivity contribution in [3.63, 3.8) is 0 Å². The van der Waals surface area contributed by atoms with E-state index in [0.717, 1.165) is 44.2 Å². The number of carbonyl (C=O) groups is 1. The zero-order valence-electron chi connectivity index (χ0n) is 16.5. The Morgan fingerprint density at radius 3 is 2.79 bits per heavy atom. The molecule has 4 rings (SSSR count). The molecular formula is C21H25N5O2S. The lowest BCUT2D eigenvalue weighted by Gasteiger charge is -2.19. The molecule has 3 heterocycles. The lowest BCUT2D eigenvalue weighted by Crippen LogP contribution is -2.28. The Balaban J connectivity index is 1.31. The molecule has 0 unspecified atom stereocenters. The number of hydrogen-bond acceptors (Lipinski definition) is 6. The molecule has 8 heteroatoms. The Kier molecular flexibility index (Phi) is 6.31. The Bertz CT molecular complexity index is 937. The fourth-order valence-corrected chi connectivity index (χ4v) is 3.95. The van der Waals surface area contributed by atoms with Gasteiger partial charge in [0, 0.05) is 50.5 Å². The largest absolute Gasteiger partial charge is 0.472 e. The van der Waals surface area contributed by atoms with Crippen LogP contribution in [0.2, 0.25) is 0 Å². The van der Waals surface area contributed by atoms with Crippen LogP contribution in [0, 0.1) is 0 Å². The molecule has 7 nitrogen and oxygen atoms in total. The van der Waals surface area contributed by atoms with Crippen LogP contribution in [0.3, 0.4) is 0 Å². The van der Waals surface area contributed by atoms with E-state index in [0.29, 0.717) is 18.5 Å². The van der Waals surface area contributed by atoms with Gasteiger partial charge in [-0.1, -0.05) is 12.1 Å². The van der Waals surface area contributed by atoms with Crippen LogP contribution >= 0.6 is 11.8 Å². The monoisotopic (exact) mass is 411 g/mol. The molecule has 3 aromatic rings. The van der Waals surface area contributed by atoms with Crippen LogP contribution in [0.5, 0.6) is 0 Å². The van der Waals surface area contributed by atoms with Gasteiger partial charge in [-0.2, -0.15) is 0 Å². The summed E-state index contributed by atoms with van der Waals surface area (Å²) < 4.78 is 7.16. The summed E-state index contributed by atoms with van der Waals surface area (Å²) >= 11 is 1.77. The topological polar surface area (TPSA) is 76.2 Å². The van der Waals surface area contributed by atoms with Crippen LogP contribution in [-0.2, 0) is 25.9 Å². The first-order valence-corrected chi connectivity index (χ1v) is 11.0. The van der Waals surface area contributed by atoms with Gasteiger partial charge in [0.2, 0.25) is 0 Å². The van der Waals surface area contributed by atoms with E-state index in [4.69, 9.17) is 4.42 Å². The number of benzene rings is 1. The second kappa shape index (κ2) is 9.28. The van der Waals surface area contributed by atoms with Gasteiger partial charge in [0.05, 0.1) is 11.8 Å². The summed E-state index contributed by atoms with van der Waals surface area (Å²) in [5.74, 6) is 1.83. The van der Waals surface area contributed by atoms with Crippen LogP contribution in [-0.4, -0.2) is 51.5 Å². The predicted molar refractivity (Wildman–Crippen MR) is 112 cm³/mol.